The fourth-order valence-corrected chi connectivity index (χ4v) is 3.46. The molecule has 3 aromatic rings. The number of ether oxygens (including phenoxy) is 6. The Hall–Kier alpha value is -4.79. The molecule has 1 aliphatic heterocycles. The van der Waals surface area contributed by atoms with Crippen LogP contribution in [0.3, 0.4) is 0 Å². The van der Waals surface area contributed by atoms with Crippen LogP contribution < -0.4 is 23.7 Å². The summed E-state index contributed by atoms with van der Waals surface area (Å²) in [5, 5.41) is 0. The quantitative estimate of drug-likeness (QED) is 0.262. The number of cyclic esters (lactones) is 1. The van der Waals surface area contributed by atoms with Crippen LogP contribution in [0.5, 0.6) is 28.7 Å². The molecule has 4 rings (SSSR count). The maximum atomic E-state index is 12.6. The highest BCUT2D eigenvalue weighted by Gasteiger charge is 2.27. The lowest BCUT2D eigenvalue weighted by Crippen LogP contribution is -2.09. The van der Waals surface area contributed by atoms with E-state index in [0.29, 0.717) is 39.7 Å². The Morgan fingerprint density at radius 3 is 2.11 bits per heavy atom. The van der Waals surface area contributed by atoms with Crippen molar-refractivity contribution in [2.24, 2.45) is 4.99 Å². The fraction of sp³-hybridized carbons (Fsp3) is 0.148. The van der Waals surface area contributed by atoms with Crippen LogP contribution in [-0.2, 0) is 9.53 Å². The second-order valence-corrected chi connectivity index (χ2v) is 7.41. The van der Waals surface area contributed by atoms with E-state index >= 15 is 0 Å². The Balaban J connectivity index is 1.63. The van der Waals surface area contributed by atoms with E-state index in [1.807, 2.05) is 0 Å². The normalized spacial score (nSPS) is 13.6. The molecule has 0 N–H and O–H groups in total. The highest BCUT2D eigenvalue weighted by atomic mass is 16.6. The fourth-order valence-electron chi connectivity index (χ4n) is 3.46. The molecule has 0 unspecified atom stereocenters. The van der Waals surface area contributed by atoms with Crippen molar-refractivity contribution in [3.63, 3.8) is 0 Å². The van der Waals surface area contributed by atoms with Gasteiger partial charge in [0.05, 0.1) is 34.0 Å². The van der Waals surface area contributed by atoms with Gasteiger partial charge in [0, 0.05) is 11.1 Å². The number of nitrogens with zero attached hydrogens (tertiary/aromatic N) is 1. The molecule has 0 saturated heterocycles. The van der Waals surface area contributed by atoms with Crippen molar-refractivity contribution in [2.45, 2.75) is 0 Å². The molecule has 0 aromatic heterocycles. The van der Waals surface area contributed by atoms with Crippen LogP contribution in [0.15, 0.2) is 71.4 Å². The van der Waals surface area contributed by atoms with Gasteiger partial charge in [-0.25, -0.2) is 14.6 Å². The van der Waals surface area contributed by atoms with Crippen molar-refractivity contribution in [1.29, 1.82) is 0 Å². The lowest BCUT2D eigenvalue weighted by Gasteiger charge is -2.13. The Bertz CT molecular complexity index is 1330. The minimum atomic E-state index is -0.657. The zero-order chi connectivity index (χ0) is 25.7. The van der Waals surface area contributed by atoms with Crippen LogP contribution in [-0.4, -0.2) is 46.3 Å². The summed E-state index contributed by atoms with van der Waals surface area (Å²) in [6.45, 7) is 0. The second-order valence-electron chi connectivity index (χ2n) is 7.41. The van der Waals surface area contributed by atoms with Gasteiger partial charge in [0.15, 0.2) is 17.2 Å². The maximum Gasteiger partial charge on any atom is 0.363 e. The lowest BCUT2D eigenvalue weighted by molar-refractivity contribution is -0.129. The van der Waals surface area contributed by atoms with Crippen molar-refractivity contribution >= 4 is 23.9 Å². The molecular weight excluding hydrogens is 466 g/mol. The van der Waals surface area contributed by atoms with Gasteiger partial charge in [-0.15, -0.1) is 0 Å². The predicted molar refractivity (Wildman–Crippen MR) is 131 cm³/mol. The highest BCUT2D eigenvalue weighted by Crippen LogP contribution is 2.39. The van der Waals surface area contributed by atoms with Gasteiger partial charge in [-0.2, -0.15) is 0 Å². The number of carbonyl (C=O) groups excluding carboxylic acids is 2. The maximum absolute atomic E-state index is 12.6. The average Bonchev–Trinajstić information content (AvgIpc) is 3.28. The molecule has 0 atom stereocenters. The molecule has 3 aromatic carbocycles. The molecule has 9 nitrogen and oxygen atoms in total. The Kier molecular flexibility index (Phi) is 7.20. The summed E-state index contributed by atoms with van der Waals surface area (Å²) in [6, 6.07) is 16.6. The van der Waals surface area contributed by atoms with Crippen molar-refractivity contribution in [2.75, 3.05) is 28.4 Å². The first-order chi connectivity index (χ1) is 17.5. The topological polar surface area (TPSA) is 102 Å². The molecule has 0 aliphatic carbocycles. The molecule has 36 heavy (non-hydrogen) atoms. The smallest absolute Gasteiger partial charge is 0.363 e. The third kappa shape index (κ3) is 5.00. The van der Waals surface area contributed by atoms with Crippen molar-refractivity contribution in [3.05, 3.63) is 83.1 Å². The number of methoxy groups -OCH3 is 4. The second kappa shape index (κ2) is 10.6. The van der Waals surface area contributed by atoms with Gasteiger partial charge in [0.1, 0.15) is 11.5 Å². The van der Waals surface area contributed by atoms with E-state index in [9.17, 15) is 9.59 Å². The minimum absolute atomic E-state index is 0.0340. The van der Waals surface area contributed by atoms with Crippen LogP contribution in [0.1, 0.15) is 21.5 Å². The van der Waals surface area contributed by atoms with E-state index in [1.165, 1.54) is 27.4 Å². The van der Waals surface area contributed by atoms with Gasteiger partial charge >= 0.3 is 11.9 Å². The van der Waals surface area contributed by atoms with E-state index < -0.39 is 11.9 Å². The number of hydrogen-bond acceptors (Lipinski definition) is 9. The Morgan fingerprint density at radius 1 is 0.833 bits per heavy atom. The van der Waals surface area contributed by atoms with Gasteiger partial charge in [0.2, 0.25) is 11.6 Å². The number of hydrogen-bond donors (Lipinski definition) is 0. The molecular formula is C27H23NO8. The third-order valence-corrected chi connectivity index (χ3v) is 5.27. The molecule has 0 spiro atoms. The minimum Gasteiger partial charge on any atom is -0.497 e. The van der Waals surface area contributed by atoms with Crippen LogP contribution in [0.25, 0.3) is 6.08 Å². The number of carbonyl (C=O) groups is 2. The molecule has 1 aliphatic rings. The van der Waals surface area contributed by atoms with Crippen LogP contribution in [0, 0.1) is 0 Å². The molecule has 9 heteroatoms. The number of para-hydroxylation sites is 1. The third-order valence-electron chi connectivity index (χ3n) is 5.27. The summed E-state index contributed by atoms with van der Waals surface area (Å²) in [6.07, 6.45) is 1.49. The first-order valence-electron chi connectivity index (χ1n) is 10.8. The van der Waals surface area contributed by atoms with E-state index in [4.69, 9.17) is 28.4 Å². The van der Waals surface area contributed by atoms with Crippen LogP contribution in [0.4, 0.5) is 0 Å². The average molecular weight is 489 g/mol. The van der Waals surface area contributed by atoms with Gasteiger partial charge < -0.3 is 28.4 Å². The monoisotopic (exact) mass is 489 g/mol. The van der Waals surface area contributed by atoms with E-state index in [1.54, 1.807) is 67.8 Å². The van der Waals surface area contributed by atoms with E-state index in [0.717, 1.165) is 0 Å². The molecule has 0 bridgehead atoms. The molecule has 0 saturated carbocycles. The van der Waals surface area contributed by atoms with Gasteiger partial charge in [-0.1, -0.05) is 18.2 Å². The summed E-state index contributed by atoms with van der Waals surface area (Å²) in [7, 11) is 6.01. The largest absolute Gasteiger partial charge is 0.497 e. The van der Waals surface area contributed by atoms with Gasteiger partial charge in [-0.3, -0.25) is 0 Å². The van der Waals surface area contributed by atoms with Crippen molar-refractivity contribution in [3.8, 4) is 28.7 Å². The van der Waals surface area contributed by atoms with E-state index in [-0.39, 0.29) is 17.3 Å². The number of rotatable bonds is 8. The molecule has 0 amide bonds. The Morgan fingerprint density at radius 2 is 1.50 bits per heavy atom. The van der Waals surface area contributed by atoms with Crippen molar-refractivity contribution < 1.29 is 38.0 Å². The summed E-state index contributed by atoms with van der Waals surface area (Å²) in [5.41, 5.74) is 1.31. The number of aliphatic imine (C=N–C) groups is 1. The predicted octanol–water partition coefficient (Wildman–Crippen LogP) is 4.28. The first kappa shape index (κ1) is 24.3. The lowest BCUT2D eigenvalue weighted by atomic mass is 10.1. The van der Waals surface area contributed by atoms with Crippen LogP contribution >= 0.6 is 0 Å². The standard InChI is InChI=1S/C27H23NO8/c1-31-19-11-9-16(10-12-19)26(29)35-21-8-6-5-7-17(21)13-20-27(30)36-25(28-20)18-14-22(32-2)24(34-4)23(15-18)33-3/h5-15H,1-4H3. The molecule has 0 radical (unpaired) electrons. The van der Waals surface area contributed by atoms with Gasteiger partial charge in [0.25, 0.3) is 0 Å². The molecule has 1 heterocycles. The van der Waals surface area contributed by atoms with Gasteiger partial charge in [-0.05, 0) is 48.5 Å². The summed E-state index contributed by atoms with van der Waals surface area (Å²) in [5.74, 6) is 0.911. The number of benzene rings is 3. The number of esters is 2. The van der Waals surface area contributed by atoms with E-state index in [2.05, 4.69) is 4.99 Å². The first-order valence-corrected chi connectivity index (χ1v) is 10.8. The molecule has 0 fully saturated rings. The highest BCUT2D eigenvalue weighted by molar-refractivity contribution is 6.13. The summed E-state index contributed by atoms with van der Waals surface area (Å²) >= 11 is 0. The SMILES string of the molecule is COc1ccc(C(=O)Oc2ccccc2C=C2N=C(c3cc(OC)c(OC)c(OC)c3)OC2=O)cc1. The zero-order valence-corrected chi connectivity index (χ0v) is 20.1. The zero-order valence-electron chi connectivity index (χ0n) is 20.1. The summed E-state index contributed by atoms with van der Waals surface area (Å²) < 4.78 is 32.1. The van der Waals surface area contributed by atoms with Crippen LogP contribution in [0.2, 0.25) is 0 Å². The molecule has 184 valence electrons. The Labute approximate surface area is 207 Å². The summed E-state index contributed by atoms with van der Waals surface area (Å²) in [4.78, 5) is 29.6. The van der Waals surface area contributed by atoms with Crippen molar-refractivity contribution in [1.82, 2.24) is 0 Å².